The number of amides is 1. The third kappa shape index (κ3) is 4.08. The largest absolute Gasteiger partial charge is 0.416 e. The first kappa shape index (κ1) is 18.9. The number of carbonyl (C=O) groups is 1. The number of hydroxylamine groups is 1. The monoisotopic (exact) mass is 384 g/mol. The van der Waals surface area contributed by atoms with Gasteiger partial charge in [0.25, 0.3) is 5.91 Å². The molecule has 0 aliphatic carbocycles. The number of hydrogen-bond donors (Lipinski definition) is 1. The lowest BCUT2D eigenvalue weighted by molar-refractivity contribution is -0.140. The fraction of sp³-hybridized carbons (Fsp3) is 0.389. The van der Waals surface area contributed by atoms with Crippen molar-refractivity contribution in [2.75, 3.05) is 13.2 Å². The molecule has 140 valence electrons. The zero-order chi connectivity index (χ0) is 18.7. The van der Waals surface area contributed by atoms with Crippen LogP contribution in [0.15, 0.2) is 35.7 Å². The maximum absolute atomic E-state index is 13.1. The normalized spacial score (nSPS) is 16.2. The minimum atomic E-state index is -4.46. The van der Waals surface area contributed by atoms with Gasteiger partial charge in [-0.2, -0.15) is 13.2 Å². The quantitative estimate of drug-likeness (QED) is 0.794. The summed E-state index contributed by atoms with van der Waals surface area (Å²) >= 11 is 1.66. The Hall–Kier alpha value is -1.90. The maximum Gasteiger partial charge on any atom is 0.416 e. The highest BCUT2D eigenvalue weighted by atomic mass is 32.1. The Morgan fingerprint density at radius 3 is 2.92 bits per heavy atom. The fourth-order valence-electron chi connectivity index (χ4n) is 3.10. The van der Waals surface area contributed by atoms with E-state index in [1.54, 1.807) is 24.3 Å². The van der Waals surface area contributed by atoms with Gasteiger partial charge >= 0.3 is 6.18 Å². The first-order chi connectivity index (χ1) is 12.4. The van der Waals surface area contributed by atoms with Gasteiger partial charge in [-0.05, 0) is 48.1 Å². The number of thiophene rings is 1. The number of nitrogens with one attached hydrogen (secondary N) is 1. The molecule has 3 rings (SSSR count). The van der Waals surface area contributed by atoms with E-state index in [2.05, 4.69) is 5.48 Å². The van der Waals surface area contributed by atoms with Crippen LogP contribution in [0.1, 0.15) is 34.5 Å². The van der Waals surface area contributed by atoms with E-state index in [1.165, 1.54) is 10.9 Å². The van der Waals surface area contributed by atoms with E-state index < -0.39 is 23.7 Å². The number of nitrogens with zero attached hydrogens (tertiary/aromatic N) is 1. The molecule has 0 fully saturated rings. The SMILES string of the molecule is CCONC(=O)C(c1cccc(C(F)(F)F)c1)N1CCc2sccc2C1. The van der Waals surface area contributed by atoms with Crippen molar-refractivity contribution >= 4 is 17.2 Å². The van der Waals surface area contributed by atoms with Crippen molar-refractivity contribution in [2.45, 2.75) is 32.1 Å². The molecule has 0 radical (unpaired) electrons. The molecule has 1 aliphatic rings. The molecule has 4 nitrogen and oxygen atoms in total. The molecule has 1 amide bonds. The molecule has 1 aromatic carbocycles. The van der Waals surface area contributed by atoms with E-state index in [0.29, 0.717) is 18.7 Å². The Labute approximate surface area is 153 Å². The van der Waals surface area contributed by atoms with Gasteiger partial charge < -0.3 is 0 Å². The minimum absolute atomic E-state index is 0.274. The Kier molecular flexibility index (Phi) is 5.64. The van der Waals surface area contributed by atoms with Gasteiger partial charge in [0.2, 0.25) is 0 Å². The Morgan fingerprint density at radius 2 is 2.19 bits per heavy atom. The van der Waals surface area contributed by atoms with Crippen molar-refractivity contribution in [1.29, 1.82) is 0 Å². The molecule has 0 saturated heterocycles. The number of rotatable bonds is 5. The standard InChI is InChI=1S/C18H19F3N2O2S/c1-2-25-22-17(24)16(12-4-3-5-14(10-12)18(19,20)21)23-8-6-15-13(11-23)7-9-26-15/h3-5,7,9-10,16H,2,6,8,11H2,1H3,(H,22,24). The highest BCUT2D eigenvalue weighted by Crippen LogP contribution is 2.34. The summed E-state index contributed by atoms with van der Waals surface area (Å²) in [5, 5.41) is 1.99. The summed E-state index contributed by atoms with van der Waals surface area (Å²) in [6.45, 7) is 3.10. The number of alkyl halides is 3. The van der Waals surface area contributed by atoms with Crippen LogP contribution < -0.4 is 5.48 Å². The molecule has 26 heavy (non-hydrogen) atoms. The molecule has 8 heteroatoms. The van der Waals surface area contributed by atoms with Crippen LogP contribution in [-0.4, -0.2) is 24.0 Å². The van der Waals surface area contributed by atoms with Gasteiger partial charge in [-0.1, -0.05) is 12.1 Å². The third-order valence-corrected chi connectivity index (χ3v) is 5.32. The molecule has 1 aromatic heterocycles. The molecule has 1 N–H and O–H groups in total. The number of benzene rings is 1. The van der Waals surface area contributed by atoms with Crippen molar-refractivity contribution in [3.63, 3.8) is 0 Å². The number of hydrogen-bond acceptors (Lipinski definition) is 4. The summed E-state index contributed by atoms with van der Waals surface area (Å²) in [4.78, 5) is 20.8. The lowest BCUT2D eigenvalue weighted by atomic mass is 9.99. The molecule has 0 bridgehead atoms. The predicted octanol–water partition coefficient (Wildman–Crippen LogP) is 3.93. The van der Waals surface area contributed by atoms with Gasteiger partial charge in [0.1, 0.15) is 6.04 Å². The summed E-state index contributed by atoms with van der Waals surface area (Å²) in [5.74, 6) is -0.468. The zero-order valence-corrected chi connectivity index (χ0v) is 15.0. The summed E-state index contributed by atoms with van der Waals surface area (Å²) < 4.78 is 39.3. The molecular formula is C18H19F3N2O2S. The van der Waals surface area contributed by atoms with Crippen LogP contribution >= 0.6 is 11.3 Å². The maximum atomic E-state index is 13.1. The highest BCUT2D eigenvalue weighted by Gasteiger charge is 2.34. The topological polar surface area (TPSA) is 41.6 Å². The average Bonchev–Trinajstić information content (AvgIpc) is 3.07. The predicted molar refractivity (Wildman–Crippen MR) is 92.4 cm³/mol. The Balaban J connectivity index is 1.93. The van der Waals surface area contributed by atoms with Gasteiger partial charge in [0, 0.05) is 18.0 Å². The smallest absolute Gasteiger partial charge is 0.284 e. The van der Waals surface area contributed by atoms with Gasteiger partial charge in [0.05, 0.1) is 12.2 Å². The Morgan fingerprint density at radius 1 is 1.38 bits per heavy atom. The first-order valence-electron chi connectivity index (χ1n) is 8.28. The molecule has 2 aromatic rings. The second-order valence-electron chi connectivity index (χ2n) is 6.01. The van der Waals surface area contributed by atoms with Gasteiger partial charge in [-0.15, -0.1) is 11.3 Å². The fourth-order valence-corrected chi connectivity index (χ4v) is 3.99. The van der Waals surface area contributed by atoms with Crippen LogP contribution in [0.4, 0.5) is 13.2 Å². The van der Waals surface area contributed by atoms with E-state index in [4.69, 9.17) is 4.84 Å². The van der Waals surface area contributed by atoms with E-state index in [-0.39, 0.29) is 6.61 Å². The van der Waals surface area contributed by atoms with Crippen molar-refractivity contribution in [1.82, 2.24) is 10.4 Å². The molecular weight excluding hydrogens is 365 g/mol. The van der Waals surface area contributed by atoms with E-state index in [9.17, 15) is 18.0 Å². The molecule has 0 spiro atoms. The molecule has 0 saturated carbocycles. The summed E-state index contributed by atoms with van der Waals surface area (Å²) in [5.41, 5.74) is 2.99. The van der Waals surface area contributed by atoms with Crippen molar-refractivity contribution in [3.8, 4) is 0 Å². The van der Waals surface area contributed by atoms with Crippen molar-refractivity contribution < 1.29 is 22.8 Å². The van der Waals surface area contributed by atoms with E-state index >= 15 is 0 Å². The first-order valence-corrected chi connectivity index (χ1v) is 9.16. The number of carbonyl (C=O) groups excluding carboxylic acids is 1. The van der Waals surface area contributed by atoms with Gasteiger partial charge in [0.15, 0.2) is 0 Å². The van der Waals surface area contributed by atoms with Crippen LogP contribution in [0.3, 0.4) is 0 Å². The molecule has 2 heterocycles. The van der Waals surface area contributed by atoms with Crippen molar-refractivity contribution in [3.05, 3.63) is 57.3 Å². The second kappa shape index (κ2) is 7.77. The van der Waals surface area contributed by atoms with E-state index in [1.807, 2.05) is 16.3 Å². The average molecular weight is 384 g/mol. The van der Waals surface area contributed by atoms with Crippen LogP contribution in [0.5, 0.6) is 0 Å². The van der Waals surface area contributed by atoms with Gasteiger partial charge in [-0.3, -0.25) is 14.5 Å². The lowest BCUT2D eigenvalue weighted by Crippen LogP contribution is -2.42. The van der Waals surface area contributed by atoms with Gasteiger partial charge in [-0.25, -0.2) is 5.48 Å². The van der Waals surface area contributed by atoms with Crippen LogP contribution in [0.25, 0.3) is 0 Å². The van der Waals surface area contributed by atoms with Crippen LogP contribution in [0, 0.1) is 0 Å². The van der Waals surface area contributed by atoms with Crippen LogP contribution in [-0.2, 0) is 28.8 Å². The lowest BCUT2D eigenvalue weighted by Gasteiger charge is -2.34. The number of halogens is 3. The third-order valence-electron chi connectivity index (χ3n) is 4.30. The molecule has 1 unspecified atom stereocenters. The summed E-state index contributed by atoms with van der Waals surface area (Å²) in [7, 11) is 0. The number of fused-ring (bicyclic) bond motifs is 1. The van der Waals surface area contributed by atoms with Crippen molar-refractivity contribution in [2.24, 2.45) is 0 Å². The summed E-state index contributed by atoms with van der Waals surface area (Å²) in [6.07, 6.45) is -3.69. The second-order valence-corrected chi connectivity index (χ2v) is 7.02. The molecule has 1 atom stereocenters. The Bertz CT molecular complexity index is 776. The summed E-state index contributed by atoms with van der Waals surface area (Å²) in [6, 6.07) is 6.08. The highest BCUT2D eigenvalue weighted by molar-refractivity contribution is 7.10. The molecule has 1 aliphatic heterocycles. The zero-order valence-electron chi connectivity index (χ0n) is 14.2. The van der Waals surface area contributed by atoms with E-state index in [0.717, 1.165) is 24.1 Å². The van der Waals surface area contributed by atoms with Crippen LogP contribution in [0.2, 0.25) is 0 Å². The minimum Gasteiger partial charge on any atom is -0.284 e.